The molecule has 5 atom stereocenters. The Balaban J connectivity index is 0.00000600. The van der Waals surface area contributed by atoms with Crippen molar-refractivity contribution >= 4 is 64.7 Å². The molecule has 8 bridgehead atoms. The molecule has 3 aromatic rings. The van der Waals surface area contributed by atoms with Crippen molar-refractivity contribution in [2.45, 2.75) is 107 Å². The molecule has 1 unspecified atom stereocenters. The van der Waals surface area contributed by atoms with E-state index in [1.54, 1.807) is 0 Å². The van der Waals surface area contributed by atoms with Crippen LogP contribution in [0, 0.1) is 44.4 Å². The number of hydrogen-bond acceptors (Lipinski definition) is 5. The number of methoxy groups -OCH3 is 1. The first-order valence-corrected chi connectivity index (χ1v) is 19.9. The number of ketones is 1. The summed E-state index contributed by atoms with van der Waals surface area (Å²) in [5.41, 5.74) is 10.9. The zero-order valence-electron chi connectivity index (χ0n) is 34.7. The molecule has 9 nitrogen and oxygen atoms in total. The number of ether oxygens (including phenoxy) is 2. The largest absolute Gasteiger partial charge is 2.00 e. The van der Waals surface area contributed by atoms with E-state index < -0.39 is 18.2 Å². The van der Waals surface area contributed by atoms with Crippen LogP contribution in [0.15, 0.2) is 29.6 Å². The fourth-order valence-corrected chi connectivity index (χ4v) is 8.39. The van der Waals surface area contributed by atoms with Crippen molar-refractivity contribution in [2.24, 2.45) is 23.7 Å². The van der Waals surface area contributed by atoms with Crippen LogP contribution in [0.4, 0.5) is 0 Å². The van der Waals surface area contributed by atoms with Crippen molar-refractivity contribution in [3.63, 3.8) is 0 Å². The van der Waals surface area contributed by atoms with E-state index in [-0.39, 0.29) is 40.7 Å². The molecule has 0 aromatic carbocycles. The first-order chi connectivity index (χ1) is 26.3. The summed E-state index contributed by atoms with van der Waals surface area (Å²) in [5, 5.41) is 17.9. The number of aliphatic hydroxyl groups excluding tert-OH is 1. The molecule has 6 rings (SSSR count). The van der Waals surface area contributed by atoms with Crippen LogP contribution in [-0.2, 0) is 20.7 Å². The van der Waals surface area contributed by atoms with Crippen LogP contribution in [-0.4, -0.2) is 59.9 Å². The van der Waals surface area contributed by atoms with Gasteiger partial charge in [-0.05, 0) is 83.1 Å². The first-order valence-electron chi connectivity index (χ1n) is 19.9. The molecule has 10 heteroatoms. The van der Waals surface area contributed by atoms with Gasteiger partial charge in [0.2, 0.25) is 0 Å². The van der Waals surface area contributed by atoms with Gasteiger partial charge in [0, 0.05) is 5.56 Å². The molecule has 5 heterocycles. The number of carbonyl (C=O) groups is 2. The summed E-state index contributed by atoms with van der Waals surface area (Å²) >= 11 is 0. The van der Waals surface area contributed by atoms with Gasteiger partial charge in [-0.2, -0.15) is 11.4 Å². The summed E-state index contributed by atoms with van der Waals surface area (Å²) in [6.45, 7) is 21.2. The van der Waals surface area contributed by atoms with E-state index in [2.05, 4.69) is 54.2 Å². The maximum absolute atomic E-state index is 14.3. The molecule has 3 aromatic heterocycles. The Morgan fingerprint density at radius 3 is 2.39 bits per heavy atom. The molecule has 56 heavy (non-hydrogen) atoms. The molecule has 3 aliphatic rings. The number of aromatic nitrogens is 3. The molecule has 1 saturated heterocycles. The molecule has 1 N–H and O–H groups in total. The molecule has 0 radical (unpaired) electrons. The van der Waals surface area contributed by atoms with Gasteiger partial charge in [-0.25, -0.2) is 0 Å². The molecule has 0 amide bonds. The molecule has 1 fully saturated rings. The molecule has 1 aliphatic carbocycles. The van der Waals surface area contributed by atoms with Crippen LogP contribution in [0.2, 0.25) is 0 Å². The average molecular weight is 769 g/mol. The summed E-state index contributed by atoms with van der Waals surface area (Å²) in [4.78, 5) is 43.0. The smallest absolute Gasteiger partial charge is 0.664 e. The van der Waals surface area contributed by atoms with Crippen LogP contribution < -0.4 is 25.7 Å². The van der Waals surface area contributed by atoms with Gasteiger partial charge in [0.15, 0.2) is 12.1 Å². The van der Waals surface area contributed by atoms with Crippen molar-refractivity contribution in [3.05, 3.63) is 102 Å². The normalized spacial score (nSPS) is 23.2. The summed E-state index contributed by atoms with van der Waals surface area (Å²) in [7, 11) is 1.30. The maximum atomic E-state index is 14.3. The predicted octanol–water partition coefficient (Wildman–Crippen LogP) is 6.93. The van der Waals surface area contributed by atoms with Crippen LogP contribution in [0.5, 0.6) is 0 Å². The zero-order valence-corrected chi connectivity index (χ0v) is 36.1. The second-order valence-electron chi connectivity index (χ2n) is 15.6. The second-order valence-corrected chi connectivity index (χ2v) is 15.6. The Labute approximate surface area is 348 Å². The van der Waals surface area contributed by atoms with Crippen molar-refractivity contribution in [3.8, 4) is 0 Å². The molecular weight excluding hydrogens is 713 g/mol. The van der Waals surface area contributed by atoms with E-state index in [1.807, 2.05) is 38.2 Å². The number of esters is 1. The number of rotatable bonds is 14. The van der Waals surface area contributed by atoms with E-state index in [0.717, 1.165) is 75.2 Å². The first kappa shape index (κ1) is 43.3. The SMILES string of the molecule is C=Cc1c2[n-]c(c1C)/C=C1\[N-]/C(=C3\c4[n-]c(c(C)c4C(=O)[C@@H]3C(=O)OC)/C=c3\[n-]/c(c(C)c3CC)=C\2)[C@@H](CCC(O)OC/C=C(\C)CCC[C@H](C)CC)[C@@H]1C.[Mg+2]. The number of Topliss-reactive ketones (excluding diaryl/α,β-unsaturated/α-hetero) is 1. The standard InChI is InChI=1S/C46H57N4O5.Mg/c1-11-24(4)15-14-16-25(5)19-20-55-39(51)18-17-32-28(8)35-21-33-26(6)30(12-2)37(47-33)22-34-27(7)31(13-3)38(48-34)23-36-29(9)40-44(50-36)41(43(32)49-35)42(45(40)52)46(53)54-10;/h12,19,21-24,28,32,39,42,51H,2,11,13-18,20H2,1,3-10H3,(H-,49,50,52);/q-3;+2/p-1/b25-19+,34-22-,35-21-,38-23-;/t24-,28+,32+,39?,42-;/m1./s1. The monoisotopic (exact) mass is 768 g/mol. The Kier molecular flexibility index (Phi) is 14.1. The minimum Gasteiger partial charge on any atom is -0.664 e. The van der Waals surface area contributed by atoms with E-state index >= 15 is 0 Å². The van der Waals surface area contributed by atoms with Crippen molar-refractivity contribution in [1.29, 1.82) is 0 Å². The van der Waals surface area contributed by atoms with Gasteiger partial charge in [0.1, 0.15) is 5.92 Å². The third kappa shape index (κ3) is 8.26. The van der Waals surface area contributed by atoms with Gasteiger partial charge >= 0.3 is 29.0 Å². The summed E-state index contributed by atoms with van der Waals surface area (Å²) in [5.74, 6) is -1.84. The minimum atomic E-state index is -1.19. The zero-order chi connectivity index (χ0) is 39.7. The summed E-state index contributed by atoms with van der Waals surface area (Å²) in [6.07, 6.45) is 15.0. The minimum absolute atomic E-state index is 0. The van der Waals surface area contributed by atoms with Gasteiger partial charge in [0.25, 0.3) is 0 Å². The second kappa shape index (κ2) is 18.2. The fourth-order valence-electron chi connectivity index (χ4n) is 8.39. The number of aliphatic hydroxyl groups is 1. The van der Waals surface area contributed by atoms with Gasteiger partial charge in [-0.1, -0.05) is 111 Å². The molecule has 0 spiro atoms. The van der Waals surface area contributed by atoms with Crippen LogP contribution >= 0.6 is 0 Å². The number of fused-ring (bicyclic) bond motifs is 7. The predicted molar refractivity (Wildman–Crippen MR) is 224 cm³/mol. The average Bonchev–Trinajstić information content (AvgIpc) is 3.90. The molecule has 294 valence electrons. The van der Waals surface area contributed by atoms with Crippen LogP contribution in [0.3, 0.4) is 0 Å². The fraction of sp³-hybridized carbons (Fsp3) is 0.478. The Morgan fingerprint density at radius 2 is 1.71 bits per heavy atom. The van der Waals surface area contributed by atoms with Gasteiger partial charge < -0.3 is 34.8 Å². The van der Waals surface area contributed by atoms with Crippen molar-refractivity contribution in [2.75, 3.05) is 13.7 Å². The van der Waals surface area contributed by atoms with Gasteiger partial charge in [-0.3, -0.25) is 9.59 Å². The summed E-state index contributed by atoms with van der Waals surface area (Å²) < 4.78 is 11.1. The van der Waals surface area contributed by atoms with Crippen molar-refractivity contribution in [1.82, 2.24) is 15.0 Å². The maximum Gasteiger partial charge on any atom is 2.00 e. The Bertz CT molecular complexity index is 2210. The Morgan fingerprint density at radius 1 is 1.00 bits per heavy atom. The number of nitrogens with zero attached hydrogens (tertiary/aromatic N) is 4. The quantitative estimate of drug-likeness (QED) is 0.0615. The number of allylic oxidation sites excluding steroid dienone is 3. The summed E-state index contributed by atoms with van der Waals surface area (Å²) in [6, 6.07) is 0. The molecular formula is C46H56MgN4O5-2. The van der Waals surface area contributed by atoms with Gasteiger partial charge in [0.05, 0.1) is 13.7 Å². The Hall–Kier alpha value is -3.83. The molecule has 2 aliphatic heterocycles. The van der Waals surface area contributed by atoms with E-state index in [9.17, 15) is 14.7 Å². The number of carbonyl (C=O) groups excluding carboxylic acids is 2. The van der Waals surface area contributed by atoms with Gasteiger partial charge in [-0.15, -0.1) is 33.5 Å². The van der Waals surface area contributed by atoms with Crippen LogP contribution in [0.1, 0.15) is 134 Å². The van der Waals surface area contributed by atoms with Crippen LogP contribution in [0.25, 0.3) is 35.2 Å². The third-order valence-corrected chi connectivity index (χ3v) is 12.2. The molecule has 0 saturated carbocycles. The number of hydrogen-bond donors (Lipinski definition) is 1. The third-order valence-electron chi connectivity index (χ3n) is 12.2. The van der Waals surface area contributed by atoms with E-state index in [4.69, 9.17) is 29.7 Å². The topological polar surface area (TPSA) is 129 Å². The van der Waals surface area contributed by atoms with Crippen molar-refractivity contribution < 1.29 is 24.2 Å². The van der Waals surface area contributed by atoms with E-state index in [0.29, 0.717) is 53.2 Å². The van der Waals surface area contributed by atoms with E-state index in [1.165, 1.54) is 25.5 Å².